The van der Waals surface area contributed by atoms with Crippen molar-refractivity contribution >= 4 is 11.3 Å². The number of rotatable bonds is 5. The lowest BCUT2D eigenvalue weighted by molar-refractivity contribution is -0.0269. The summed E-state index contributed by atoms with van der Waals surface area (Å²) in [6.07, 6.45) is 4.08. The summed E-state index contributed by atoms with van der Waals surface area (Å²) in [6, 6.07) is 4.65. The van der Waals surface area contributed by atoms with Crippen molar-refractivity contribution in [1.82, 2.24) is 5.32 Å². The monoisotopic (exact) mass is 295 g/mol. The fourth-order valence-electron chi connectivity index (χ4n) is 3.00. The zero-order valence-electron chi connectivity index (χ0n) is 13.3. The molecular formula is C17H29NOS. The highest BCUT2D eigenvalue weighted by Gasteiger charge is 2.37. The van der Waals surface area contributed by atoms with Crippen LogP contribution in [0, 0.1) is 11.3 Å². The maximum Gasteiger partial charge on any atom is 0.0772 e. The van der Waals surface area contributed by atoms with Crippen molar-refractivity contribution in [2.75, 3.05) is 6.54 Å². The van der Waals surface area contributed by atoms with Gasteiger partial charge in [0.2, 0.25) is 0 Å². The molecule has 1 aliphatic carbocycles. The third-order valence-corrected chi connectivity index (χ3v) is 5.66. The Morgan fingerprint density at radius 1 is 1.25 bits per heavy atom. The highest BCUT2D eigenvalue weighted by molar-refractivity contribution is 7.10. The molecule has 2 nitrogen and oxygen atoms in total. The molecule has 0 saturated heterocycles. The van der Waals surface area contributed by atoms with Gasteiger partial charge < -0.3 is 10.4 Å². The zero-order chi connectivity index (χ0) is 14.8. The first-order chi connectivity index (χ1) is 9.31. The summed E-state index contributed by atoms with van der Waals surface area (Å²) in [7, 11) is 0. The molecule has 1 aromatic rings. The molecular weight excluding hydrogens is 266 g/mol. The number of thiophene rings is 1. The standard InChI is InChI=1S/C17H29NOS/c1-13(2)15(14-6-5-11-20-14)18-12-17(19)9-7-16(3,4)8-10-17/h5-6,11,13,15,18-19H,7-10,12H2,1-4H3. The van der Waals surface area contributed by atoms with E-state index >= 15 is 0 Å². The second-order valence-electron chi connectivity index (χ2n) is 7.51. The second kappa shape index (κ2) is 6.17. The molecule has 0 spiro atoms. The van der Waals surface area contributed by atoms with E-state index in [0.29, 0.717) is 23.9 Å². The van der Waals surface area contributed by atoms with Crippen molar-refractivity contribution in [2.45, 2.75) is 65.0 Å². The van der Waals surface area contributed by atoms with Crippen LogP contribution >= 0.6 is 11.3 Å². The summed E-state index contributed by atoms with van der Waals surface area (Å²) in [6.45, 7) is 9.81. The lowest BCUT2D eigenvalue weighted by atomic mass is 9.71. The molecule has 2 rings (SSSR count). The maximum absolute atomic E-state index is 10.8. The molecule has 1 aliphatic rings. The molecule has 0 bridgehead atoms. The predicted molar refractivity (Wildman–Crippen MR) is 87.1 cm³/mol. The first kappa shape index (κ1) is 16.0. The van der Waals surface area contributed by atoms with Crippen LogP contribution in [0.5, 0.6) is 0 Å². The van der Waals surface area contributed by atoms with Crippen molar-refractivity contribution < 1.29 is 5.11 Å². The molecule has 2 N–H and O–H groups in total. The molecule has 1 fully saturated rings. The van der Waals surface area contributed by atoms with Gasteiger partial charge in [-0.05, 0) is 48.5 Å². The van der Waals surface area contributed by atoms with Gasteiger partial charge in [-0.1, -0.05) is 33.8 Å². The smallest absolute Gasteiger partial charge is 0.0772 e. The van der Waals surface area contributed by atoms with E-state index in [2.05, 4.69) is 50.5 Å². The van der Waals surface area contributed by atoms with E-state index in [-0.39, 0.29) is 0 Å². The summed E-state index contributed by atoms with van der Waals surface area (Å²) in [4.78, 5) is 1.37. The van der Waals surface area contributed by atoms with Crippen molar-refractivity contribution in [2.24, 2.45) is 11.3 Å². The van der Waals surface area contributed by atoms with Crippen LogP contribution in [0.2, 0.25) is 0 Å². The van der Waals surface area contributed by atoms with Gasteiger partial charge >= 0.3 is 0 Å². The SMILES string of the molecule is CC(C)C(NCC1(O)CCC(C)(C)CC1)c1cccs1. The minimum absolute atomic E-state index is 0.356. The van der Waals surface area contributed by atoms with E-state index in [9.17, 15) is 5.11 Å². The third kappa shape index (κ3) is 4.06. The van der Waals surface area contributed by atoms with Crippen LogP contribution in [-0.2, 0) is 0 Å². The van der Waals surface area contributed by atoms with Gasteiger partial charge in [-0.25, -0.2) is 0 Å². The fraction of sp³-hybridized carbons (Fsp3) is 0.765. The summed E-state index contributed by atoms with van der Waals surface area (Å²) in [5.41, 5.74) is -0.114. The Hall–Kier alpha value is -0.380. The molecule has 0 aliphatic heterocycles. The number of nitrogens with one attached hydrogen (secondary N) is 1. The van der Waals surface area contributed by atoms with Gasteiger partial charge in [-0.3, -0.25) is 0 Å². The predicted octanol–water partition coefficient (Wildman–Crippen LogP) is 4.37. The Bertz CT molecular complexity index is 401. The Morgan fingerprint density at radius 3 is 2.40 bits per heavy atom. The minimum Gasteiger partial charge on any atom is -0.389 e. The van der Waals surface area contributed by atoms with E-state index in [1.807, 2.05) is 0 Å². The third-order valence-electron chi connectivity index (χ3n) is 4.70. The lowest BCUT2D eigenvalue weighted by Gasteiger charge is -2.41. The quantitative estimate of drug-likeness (QED) is 0.845. The topological polar surface area (TPSA) is 32.3 Å². The maximum atomic E-state index is 10.8. The van der Waals surface area contributed by atoms with Crippen LogP contribution in [0.1, 0.15) is 64.3 Å². The van der Waals surface area contributed by atoms with Gasteiger partial charge in [0.1, 0.15) is 0 Å². The van der Waals surface area contributed by atoms with Crippen LogP contribution in [0.25, 0.3) is 0 Å². The number of aliphatic hydroxyl groups is 1. The molecule has 1 unspecified atom stereocenters. The van der Waals surface area contributed by atoms with Crippen LogP contribution in [-0.4, -0.2) is 17.3 Å². The summed E-state index contributed by atoms with van der Waals surface area (Å²) in [5, 5.41) is 16.5. The van der Waals surface area contributed by atoms with Crippen molar-refractivity contribution in [1.29, 1.82) is 0 Å². The molecule has 3 heteroatoms. The molecule has 1 atom stereocenters. The molecule has 20 heavy (non-hydrogen) atoms. The first-order valence-corrected chi connectivity index (χ1v) is 8.69. The normalized spacial score (nSPS) is 22.9. The fourth-order valence-corrected chi connectivity index (χ4v) is 3.98. The lowest BCUT2D eigenvalue weighted by Crippen LogP contribution is -2.46. The van der Waals surface area contributed by atoms with Crippen molar-refractivity contribution in [3.8, 4) is 0 Å². The van der Waals surface area contributed by atoms with Gasteiger partial charge in [-0.2, -0.15) is 0 Å². The number of hydrogen-bond donors (Lipinski definition) is 2. The first-order valence-electron chi connectivity index (χ1n) is 7.81. The van der Waals surface area contributed by atoms with Gasteiger partial charge in [0, 0.05) is 17.5 Å². The molecule has 1 aromatic heterocycles. The largest absolute Gasteiger partial charge is 0.389 e. The van der Waals surface area contributed by atoms with Crippen LogP contribution in [0.4, 0.5) is 0 Å². The highest BCUT2D eigenvalue weighted by Crippen LogP contribution is 2.40. The Labute approximate surface area is 127 Å². The Kier molecular flexibility index (Phi) is 4.93. The number of hydrogen-bond acceptors (Lipinski definition) is 3. The average molecular weight is 295 g/mol. The van der Waals surface area contributed by atoms with Crippen LogP contribution < -0.4 is 5.32 Å². The molecule has 0 amide bonds. The van der Waals surface area contributed by atoms with E-state index < -0.39 is 5.60 Å². The Balaban J connectivity index is 1.93. The van der Waals surface area contributed by atoms with E-state index in [4.69, 9.17) is 0 Å². The van der Waals surface area contributed by atoms with E-state index in [1.165, 1.54) is 4.88 Å². The molecule has 1 heterocycles. The Morgan fingerprint density at radius 2 is 1.90 bits per heavy atom. The summed E-state index contributed by atoms with van der Waals surface area (Å²) < 4.78 is 0. The van der Waals surface area contributed by atoms with Crippen molar-refractivity contribution in [3.05, 3.63) is 22.4 Å². The summed E-state index contributed by atoms with van der Waals surface area (Å²) in [5.74, 6) is 0.539. The van der Waals surface area contributed by atoms with Crippen LogP contribution in [0.15, 0.2) is 17.5 Å². The highest BCUT2D eigenvalue weighted by atomic mass is 32.1. The van der Waals surface area contributed by atoms with Crippen LogP contribution in [0.3, 0.4) is 0 Å². The van der Waals surface area contributed by atoms with E-state index in [0.717, 1.165) is 25.7 Å². The molecule has 114 valence electrons. The van der Waals surface area contributed by atoms with Crippen molar-refractivity contribution in [3.63, 3.8) is 0 Å². The zero-order valence-corrected chi connectivity index (χ0v) is 14.1. The van der Waals surface area contributed by atoms with Gasteiger partial charge in [0.25, 0.3) is 0 Å². The molecule has 0 aromatic carbocycles. The average Bonchev–Trinajstić information content (AvgIpc) is 2.87. The van der Waals surface area contributed by atoms with Gasteiger partial charge in [0.15, 0.2) is 0 Å². The second-order valence-corrected chi connectivity index (χ2v) is 8.49. The van der Waals surface area contributed by atoms with E-state index in [1.54, 1.807) is 11.3 Å². The minimum atomic E-state index is -0.514. The van der Waals surface area contributed by atoms with Gasteiger partial charge in [0.05, 0.1) is 5.60 Å². The van der Waals surface area contributed by atoms with Gasteiger partial charge in [-0.15, -0.1) is 11.3 Å². The summed E-state index contributed by atoms with van der Waals surface area (Å²) >= 11 is 1.80. The molecule has 1 saturated carbocycles. The molecule has 0 radical (unpaired) electrons.